The summed E-state index contributed by atoms with van der Waals surface area (Å²) in [7, 11) is 5.52. The summed E-state index contributed by atoms with van der Waals surface area (Å²) in [5, 5.41) is 13.2. The van der Waals surface area contributed by atoms with E-state index in [0.29, 0.717) is 11.3 Å². The molecular weight excluding hydrogens is 286 g/mol. The van der Waals surface area contributed by atoms with Gasteiger partial charge in [0.05, 0.1) is 37.2 Å². The first-order valence-corrected chi connectivity index (χ1v) is 5.90. The lowest BCUT2D eigenvalue weighted by Gasteiger charge is -2.12. The molecule has 0 saturated carbocycles. The van der Waals surface area contributed by atoms with E-state index >= 15 is 0 Å². The molecule has 0 saturated heterocycles. The van der Waals surface area contributed by atoms with Crippen LogP contribution >= 0.6 is 0 Å². The molecule has 0 aliphatic rings. The highest BCUT2D eigenvalue weighted by atomic mass is 19.4. The molecule has 2 rings (SSSR count). The average molecular weight is 297 g/mol. The molecule has 2 aromatic heterocycles. The van der Waals surface area contributed by atoms with Crippen LogP contribution < -0.4 is 11.3 Å². The Balaban J connectivity index is 2.09. The van der Waals surface area contributed by atoms with Crippen molar-refractivity contribution < 1.29 is 18.3 Å². The summed E-state index contributed by atoms with van der Waals surface area (Å²) in [6.45, 7) is -0.280. The number of aliphatic hydroxyl groups excluding tert-OH is 1. The van der Waals surface area contributed by atoms with Crippen LogP contribution in [0.25, 0.3) is 11.3 Å². The van der Waals surface area contributed by atoms with E-state index in [1.807, 2.05) is 0 Å². The van der Waals surface area contributed by atoms with Crippen LogP contribution in [-0.4, -0.2) is 45.0 Å². The van der Waals surface area contributed by atoms with E-state index in [4.69, 9.17) is 13.6 Å². The van der Waals surface area contributed by atoms with Gasteiger partial charge >= 0.3 is 6.18 Å². The van der Waals surface area contributed by atoms with Gasteiger partial charge < -0.3 is 10.8 Å². The van der Waals surface area contributed by atoms with E-state index in [-0.39, 0.29) is 18.0 Å². The van der Waals surface area contributed by atoms with Crippen LogP contribution in [-0.2, 0) is 6.54 Å². The maximum atomic E-state index is 12.1. The Morgan fingerprint density at radius 1 is 1.38 bits per heavy atom. The summed E-state index contributed by atoms with van der Waals surface area (Å²) in [6.07, 6.45) is -3.08. The van der Waals surface area contributed by atoms with Gasteiger partial charge in [-0.25, -0.2) is 4.98 Å². The number of nitrogen functional groups attached to an aromatic ring is 1. The van der Waals surface area contributed by atoms with E-state index in [9.17, 15) is 18.3 Å². The third-order valence-electron chi connectivity index (χ3n) is 2.62. The van der Waals surface area contributed by atoms with Crippen LogP contribution in [0.2, 0.25) is 0 Å². The zero-order valence-electron chi connectivity index (χ0n) is 10.7. The Kier molecular flexibility index (Phi) is 4.17. The van der Waals surface area contributed by atoms with Crippen molar-refractivity contribution in [3.63, 3.8) is 0 Å². The van der Waals surface area contributed by atoms with Crippen molar-refractivity contribution in [2.24, 2.45) is 0 Å². The number of hydrogen-bond donors (Lipinski definition) is 2. The first kappa shape index (κ1) is 15.3. The van der Waals surface area contributed by atoms with Crippen molar-refractivity contribution >= 4 is 19.3 Å². The quantitative estimate of drug-likeness (QED) is 0.777. The van der Waals surface area contributed by atoms with Gasteiger partial charge in [0.2, 0.25) is 0 Å². The lowest BCUT2D eigenvalue weighted by Crippen LogP contribution is -2.24. The molecule has 0 fully saturated rings. The largest absolute Gasteiger partial charge is 0.391 e. The van der Waals surface area contributed by atoms with Crippen LogP contribution in [0.4, 0.5) is 19.0 Å². The van der Waals surface area contributed by atoms with E-state index in [0.717, 1.165) is 0 Å². The Bertz CT molecular complexity index is 631. The summed E-state index contributed by atoms with van der Waals surface area (Å²) in [6, 6.07) is 0. The summed E-state index contributed by atoms with van der Waals surface area (Å²) in [4.78, 5) is 7.82. The van der Waals surface area contributed by atoms with Gasteiger partial charge in [0.1, 0.15) is 13.7 Å². The van der Waals surface area contributed by atoms with E-state index in [2.05, 4.69) is 15.1 Å². The lowest BCUT2D eigenvalue weighted by atomic mass is 10.0. The minimum absolute atomic E-state index is 0.0531. The molecule has 0 spiro atoms. The Hall–Kier alpha value is -2.10. The van der Waals surface area contributed by atoms with Gasteiger partial charge in [0.15, 0.2) is 0 Å². The molecule has 2 radical (unpaired) electrons. The van der Waals surface area contributed by atoms with Gasteiger partial charge in [-0.2, -0.15) is 18.3 Å². The standard InChI is InChI=1S/C11H11BF3N5O/c12-9-10(16)17-3-8(19-9)6-2-18-20(4-6)5-7(21)1-11(13,14)15/h2-4,7,21H,1,5H2,(H2,16,17). The summed E-state index contributed by atoms with van der Waals surface area (Å²) in [5.41, 5.74) is 6.39. The molecule has 0 aliphatic heterocycles. The SMILES string of the molecule is [B]c1nc(-c2cnn(CC(O)CC(F)(F)F)c2)cnc1N. The second-order valence-corrected chi connectivity index (χ2v) is 4.45. The van der Waals surface area contributed by atoms with Gasteiger partial charge in [-0.3, -0.25) is 9.67 Å². The number of nitrogens with zero attached hydrogens (tertiary/aromatic N) is 4. The van der Waals surface area contributed by atoms with Gasteiger partial charge in [-0.1, -0.05) is 0 Å². The zero-order valence-corrected chi connectivity index (χ0v) is 10.7. The van der Waals surface area contributed by atoms with E-state index in [1.165, 1.54) is 23.3 Å². The third-order valence-corrected chi connectivity index (χ3v) is 2.62. The summed E-state index contributed by atoms with van der Waals surface area (Å²) < 4.78 is 37.6. The van der Waals surface area contributed by atoms with Gasteiger partial charge in [0, 0.05) is 17.4 Å². The molecule has 0 amide bonds. The second kappa shape index (κ2) is 5.72. The fourth-order valence-electron chi connectivity index (χ4n) is 1.70. The molecule has 21 heavy (non-hydrogen) atoms. The van der Waals surface area contributed by atoms with Crippen molar-refractivity contribution in [1.29, 1.82) is 0 Å². The monoisotopic (exact) mass is 297 g/mol. The topological polar surface area (TPSA) is 89.8 Å². The minimum atomic E-state index is -4.42. The zero-order chi connectivity index (χ0) is 15.6. The first-order valence-electron chi connectivity index (χ1n) is 5.90. The Morgan fingerprint density at radius 2 is 2.10 bits per heavy atom. The highest BCUT2D eigenvalue weighted by molar-refractivity contribution is 6.33. The van der Waals surface area contributed by atoms with Crippen molar-refractivity contribution in [3.8, 4) is 11.3 Å². The van der Waals surface area contributed by atoms with E-state index < -0.39 is 18.7 Å². The molecule has 6 nitrogen and oxygen atoms in total. The van der Waals surface area contributed by atoms with Crippen LogP contribution in [0.15, 0.2) is 18.6 Å². The van der Waals surface area contributed by atoms with Gasteiger partial charge in [-0.15, -0.1) is 0 Å². The van der Waals surface area contributed by atoms with Crippen LogP contribution in [0.1, 0.15) is 6.42 Å². The number of halogens is 3. The molecule has 1 unspecified atom stereocenters. The minimum Gasteiger partial charge on any atom is -0.391 e. The third kappa shape index (κ3) is 4.18. The molecule has 3 N–H and O–H groups in total. The summed E-state index contributed by atoms with van der Waals surface area (Å²) in [5.74, 6) is 0.0896. The normalized spacial score (nSPS) is 13.3. The molecule has 0 aromatic carbocycles. The molecule has 0 bridgehead atoms. The number of rotatable bonds is 4. The molecule has 2 heterocycles. The fraction of sp³-hybridized carbons (Fsp3) is 0.364. The molecule has 0 aliphatic carbocycles. The first-order chi connectivity index (χ1) is 9.74. The number of aromatic nitrogens is 4. The Labute approximate surface area is 119 Å². The predicted molar refractivity (Wildman–Crippen MR) is 69.7 cm³/mol. The highest BCUT2D eigenvalue weighted by Gasteiger charge is 2.31. The van der Waals surface area contributed by atoms with Gasteiger partial charge in [0.25, 0.3) is 0 Å². The van der Waals surface area contributed by atoms with Crippen LogP contribution in [0.3, 0.4) is 0 Å². The van der Waals surface area contributed by atoms with Crippen molar-refractivity contribution in [1.82, 2.24) is 19.7 Å². The van der Waals surface area contributed by atoms with Crippen LogP contribution in [0, 0.1) is 0 Å². The maximum Gasteiger partial charge on any atom is 0.391 e. The maximum absolute atomic E-state index is 12.1. The molecular formula is C11H11BF3N5O. The van der Waals surface area contributed by atoms with Crippen LogP contribution in [0.5, 0.6) is 0 Å². The van der Waals surface area contributed by atoms with E-state index in [1.54, 1.807) is 0 Å². The van der Waals surface area contributed by atoms with Crippen molar-refractivity contribution in [2.75, 3.05) is 5.73 Å². The van der Waals surface area contributed by atoms with Crippen molar-refractivity contribution in [3.05, 3.63) is 18.6 Å². The molecule has 1 atom stereocenters. The average Bonchev–Trinajstić information content (AvgIpc) is 2.78. The van der Waals surface area contributed by atoms with Crippen molar-refractivity contribution in [2.45, 2.75) is 25.2 Å². The number of aliphatic hydroxyl groups is 1. The lowest BCUT2D eigenvalue weighted by molar-refractivity contribution is -0.154. The smallest absolute Gasteiger partial charge is 0.391 e. The number of hydrogen-bond acceptors (Lipinski definition) is 5. The van der Waals surface area contributed by atoms with Gasteiger partial charge in [-0.05, 0) is 0 Å². The summed E-state index contributed by atoms with van der Waals surface area (Å²) >= 11 is 0. The number of anilines is 1. The molecule has 110 valence electrons. The fourth-order valence-corrected chi connectivity index (χ4v) is 1.70. The molecule has 10 heteroatoms. The Morgan fingerprint density at radius 3 is 2.71 bits per heavy atom. The number of nitrogens with two attached hydrogens (primary N) is 1. The second-order valence-electron chi connectivity index (χ2n) is 4.45. The highest BCUT2D eigenvalue weighted by Crippen LogP contribution is 2.22. The predicted octanol–water partition coefficient (Wildman–Crippen LogP) is 0.0294. The number of alkyl halides is 3. The molecule has 2 aromatic rings.